The first kappa shape index (κ1) is 9.07. The molecule has 0 aliphatic carbocycles. The van der Waals surface area contributed by atoms with Gasteiger partial charge in [-0.05, 0) is 24.9 Å². The molecule has 0 aromatic rings. The Morgan fingerprint density at radius 3 is 2.75 bits per heavy atom. The van der Waals surface area contributed by atoms with Crippen LogP contribution in [0.5, 0.6) is 0 Å². The molecule has 1 aliphatic rings. The standard InChI is InChI=1S/C10H16N2/c1-4-11-6-5-9(2)10-7-12(3)8-10/h4-6,10-11H,1-2,7-8H2,3H3/b6-5-. The van der Waals surface area contributed by atoms with Gasteiger partial charge in [-0.2, -0.15) is 0 Å². The molecular formula is C10H16N2. The van der Waals surface area contributed by atoms with Crippen LogP contribution in [-0.2, 0) is 0 Å². The third kappa shape index (κ3) is 2.24. The summed E-state index contributed by atoms with van der Waals surface area (Å²) in [5.41, 5.74) is 1.20. The summed E-state index contributed by atoms with van der Waals surface area (Å²) in [4.78, 5) is 2.28. The first-order valence-electron chi connectivity index (χ1n) is 4.15. The molecule has 0 amide bonds. The minimum Gasteiger partial charge on any atom is -0.368 e. The van der Waals surface area contributed by atoms with Crippen LogP contribution in [0, 0.1) is 5.92 Å². The zero-order valence-corrected chi connectivity index (χ0v) is 7.59. The Balaban J connectivity index is 2.24. The quantitative estimate of drug-likeness (QED) is 0.631. The summed E-state index contributed by atoms with van der Waals surface area (Å²) in [5, 5.41) is 2.90. The van der Waals surface area contributed by atoms with Crippen molar-refractivity contribution >= 4 is 0 Å². The van der Waals surface area contributed by atoms with Crippen LogP contribution in [0.1, 0.15) is 0 Å². The average Bonchev–Trinajstić information content (AvgIpc) is 1.99. The highest BCUT2D eigenvalue weighted by Gasteiger charge is 2.23. The van der Waals surface area contributed by atoms with E-state index in [0.29, 0.717) is 5.92 Å². The van der Waals surface area contributed by atoms with Crippen LogP contribution in [0.2, 0.25) is 0 Å². The summed E-state index contributed by atoms with van der Waals surface area (Å²) in [6.07, 6.45) is 5.53. The number of rotatable bonds is 4. The Morgan fingerprint density at radius 2 is 2.25 bits per heavy atom. The molecular weight excluding hydrogens is 148 g/mol. The second kappa shape index (κ2) is 4.12. The maximum Gasteiger partial charge on any atom is 0.00880 e. The summed E-state index contributed by atoms with van der Waals surface area (Å²) in [5.74, 6) is 0.651. The zero-order valence-electron chi connectivity index (χ0n) is 7.59. The van der Waals surface area contributed by atoms with Gasteiger partial charge in [0, 0.05) is 25.2 Å². The van der Waals surface area contributed by atoms with E-state index in [-0.39, 0.29) is 0 Å². The number of hydrogen-bond acceptors (Lipinski definition) is 2. The van der Waals surface area contributed by atoms with Crippen LogP contribution in [0.25, 0.3) is 0 Å². The van der Waals surface area contributed by atoms with Crippen LogP contribution >= 0.6 is 0 Å². The van der Waals surface area contributed by atoms with Crippen molar-refractivity contribution in [1.82, 2.24) is 10.2 Å². The fourth-order valence-corrected chi connectivity index (χ4v) is 1.29. The summed E-state index contributed by atoms with van der Waals surface area (Å²) in [7, 11) is 2.12. The Kier molecular flexibility index (Phi) is 3.11. The molecule has 12 heavy (non-hydrogen) atoms. The topological polar surface area (TPSA) is 15.3 Å². The van der Waals surface area contributed by atoms with Gasteiger partial charge in [-0.3, -0.25) is 0 Å². The normalized spacial score (nSPS) is 19.1. The van der Waals surface area contributed by atoms with Crippen molar-refractivity contribution < 1.29 is 0 Å². The van der Waals surface area contributed by atoms with Crippen molar-refractivity contribution in [2.75, 3.05) is 20.1 Å². The van der Waals surface area contributed by atoms with E-state index in [1.165, 1.54) is 5.57 Å². The Labute approximate surface area is 74.3 Å². The van der Waals surface area contributed by atoms with E-state index < -0.39 is 0 Å². The van der Waals surface area contributed by atoms with Crippen LogP contribution in [0.4, 0.5) is 0 Å². The largest absolute Gasteiger partial charge is 0.368 e. The first-order chi connectivity index (χ1) is 5.74. The Morgan fingerprint density at radius 1 is 1.58 bits per heavy atom. The summed E-state index contributed by atoms with van der Waals surface area (Å²) in [6.45, 7) is 9.82. The van der Waals surface area contributed by atoms with E-state index in [1.54, 1.807) is 6.20 Å². The molecule has 0 radical (unpaired) electrons. The highest BCUT2D eigenvalue weighted by Crippen LogP contribution is 2.20. The minimum atomic E-state index is 0.651. The highest BCUT2D eigenvalue weighted by atomic mass is 15.2. The molecule has 0 aromatic heterocycles. The van der Waals surface area contributed by atoms with E-state index in [9.17, 15) is 0 Å². The van der Waals surface area contributed by atoms with Gasteiger partial charge in [0.05, 0.1) is 0 Å². The van der Waals surface area contributed by atoms with E-state index in [1.807, 2.05) is 12.3 Å². The lowest BCUT2D eigenvalue weighted by Gasteiger charge is -2.36. The van der Waals surface area contributed by atoms with Gasteiger partial charge in [0.25, 0.3) is 0 Å². The third-order valence-corrected chi connectivity index (χ3v) is 2.10. The van der Waals surface area contributed by atoms with Gasteiger partial charge >= 0.3 is 0 Å². The first-order valence-corrected chi connectivity index (χ1v) is 4.15. The molecule has 1 aliphatic heterocycles. The fraction of sp³-hybridized carbons (Fsp3) is 0.400. The number of nitrogens with one attached hydrogen (secondary N) is 1. The fourth-order valence-electron chi connectivity index (χ4n) is 1.29. The summed E-state index contributed by atoms with van der Waals surface area (Å²) in [6, 6.07) is 0. The maximum absolute atomic E-state index is 4.00. The number of nitrogens with zero attached hydrogens (tertiary/aromatic N) is 1. The summed E-state index contributed by atoms with van der Waals surface area (Å²) >= 11 is 0. The SMILES string of the molecule is C=CN/C=C\C(=C)C1CN(C)C1. The lowest BCUT2D eigenvalue weighted by Crippen LogP contribution is -2.44. The van der Waals surface area contributed by atoms with Gasteiger partial charge in [0.15, 0.2) is 0 Å². The molecule has 1 fully saturated rings. The Bertz CT molecular complexity index is 200. The van der Waals surface area contributed by atoms with Crippen LogP contribution in [-0.4, -0.2) is 25.0 Å². The molecule has 1 N–H and O–H groups in total. The van der Waals surface area contributed by atoms with Crippen molar-refractivity contribution in [3.8, 4) is 0 Å². The molecule has 1 rings (SSSR count). The van der Waals surface area contributed by atoms with Gasteiger partial charge in [0.2, 0.25) is 0 Å². The van der Waals surface area contributed by atoms with Gasteiger partial charge in [-0.15, -0.1) is 0 Å². The van der Waals surface area contributed by atoms with Crippen molar-refractivity contribution in [1.29, 1.82) is 0 Å². The monoisotopic (exact) mass is 164 g/mol. The third-order valence-electron chi connectivity index (χ3n) is 2.10. The molecule has 1 saturated heterocycles. The van der Waals surface area contributed by atoms with E-state index in [0.717, 1.165) is 13.1 Å². The molecule has 0 unspecified atom stereocenters. The zero-order chi connectivity index (χ0) is 8.97. The number of likely N-dealkylation sites (tertiary alicyclic amines) is 1. The molecule has 0 bridgehead atoms. The van der Waals surface area contributed by atoms with Crippen LogP contribution in [0.3, 0.4) is 0 Å². The van der Waals surface area contributed by atoms with Gasteiger partial charge in [-0.1, -0.05) is 13.2 Å². The van der Waals surface area contributed by atoms with Crippen molar-refractivity contribution in [2.24, 2.45) is 5.92 Å². The lowest BCUT2D eigenvalue weighted by molar-refractivity contribution is 0.164. The minimum absolute atomic E-state index is 0.651. The van der Waals surface area contributed by atoms with Gasteiger partial charge < -0.3 is 10.2 Å². The van der Waals surface area contributed by atoms with Crippen molar-refractivity contribution in [3.63, 3.8) is 0 Å². The van der Waals surface area contributed by atoms with Crippen LogP contribution < -0.4 is 5.32 Å². The molecule has 0 saturated carbocycles. The summed E-state index contributed by atoms with van der Waals surface area (Å²) < 4.78 is 0. The predicted molar refractivity (Wildman–Crippen MR) is 52.6 cm³/mol. The van der Waals surface area contributed by atoms with Gasteiger partial charge in [0.1, 0.15) is 0 Å². The maximum atomic E-state index is 4.00. The van der Waals surface area contributed by atoms with Crippen molar-refractivity contribution in [3.05, 3.63) is 37.2 Å². The molecule has 2 heteroatoms. The van der Waals surface area contributed by atoms with E-state index in [4.69, 9.17) is 0 Å². The molecule has 1 heterocycles. The molecule has 0 spiro atoms. The number of hydrogen-bond donors (Lipinski definition) is 1. The molecule has 0 aromatic carbocycles. The van der Waals surface area contributed by atoms with E-state index >= 15 is 0 Å². The van der Waals surface area contributed by atoms with Crippen LogP contribution in [0.15, 0.2) is 37.2 Å². The van der Waals surface area contributed by atoms with Crippen molar-refractivity contribution in [2.45, 2.75) is 0 Å². The smallest absolute Gasteiger partial charge is 0.00880 e. The van der Waals surface area contributed by atoms with E-state index in [2.05, 4.69) is 30.4 Å². The lowest BCUT2D eigenvalue weighted by atomic mass is 9.93. The Hall–Kier alpha value is -1.02. The molecule has 0 atom stereocenters. The predicted octanol–water partition coefficient (Wildman–Crippen LogP) is 1.35. The molecule has 66 valence electrons. The second-order valence-electron chi connectivity index (χ2n) is 3.20. The second-order valence-corrected chi connectivity index (χ2v) is 3.20. The number of allylic oxidation sites excluding steroid dienone is 1. The van der Waals surface area contributed by atoms with Gasteiger partial charge in [-0.25, -0.2) is 0 Å². The molecule has 2 nitrogen and oxygen atoms in total. The highest BCUT2D eigenvalue weighted by molar-refractivity contribution is 5.20. The average molecular weight is 164 g/mol.